The Bertz CT molecular complexity index is 1350. The number of amides is 3. The first-order valence-corrected chi connectivity index (χ1v) is 11.8. The lowest BCUT2D eigenvalue weighted by Crippen LogP contribution is -2.41. The highest BCUT2D eigenvalue weighted by molar-refractivity contribution is 6.20. The number of ether oxygens (including phenoxy) is 1. The molecule has 8 heteroatoms. The summed E-state index contributed by atoms with van der Waals surface area (Å²) in [6.45, 7) is 0.162. The monoisotopic (exact) mass is 482 g/mol. The van der Waals surface area contributed by atoms with Gasteiger partial charge < -0.3 is 14.9 Å². The third-order valence-electron chi connectivity index (χ3n) is 7.00. The van der Waals surface area contributed by atoms with Gasteiger partial charge >= 0.3 is 12.1 Å². The fourth-order valence-electron chi connectivity index (χ4n) is 5.01. The molecule has 0 unspecified atom stereocenters. The molecule has 1 fully saturated rings. The van der Waals surface area contributed by atoms with Crippen LogP contribution in [-0.2, 0) is 14.4 Å². The van der Waals surface area contributed by atoms with Crippen molar-refractivity contribution in [3.8, 4) is 11.1 Å². The van der Waals surface area contributed by atoms with Gasteiger partial charge in [-0.05, 0) is 47.2 Å². The smallest absolute Gasteiger partial charge is 0.407 e. The molecular weight excluding hydrogens is 460 g/mol. The van der Waals surface area contributed by atoms with E-state index in [1.807, 2.05) is 36.4 Å². The maximum Gasteiger partial charge on any atom is 0.407 e. The van der Waals surface area contributed by atoms with Crippen LogP contribution in [0, 0.1) is 0 Å². The minimum Gasteiger partial charge on any atom is -0.449 e. The van der Waals surface area contributed by atoms with Crippen LogP contribution in [0.4, 0.5) is 4.79 Å². The van der Waals surface area contributed by atoms with E-state index in [1.165, 1.54) is 12.1 Å². The Hall–Kier alpha value is -4.46. The second-order valence-corrected chi connectivity index (χ2v) is 9.32. The lowest BCUT2D eigenvalue weighted by atomic mass is 9.98. The summed E-state index contributed by atoms with van der Waals surface area (Å²) in [5.74, 6) is -2.21. The van der Waals surface area contributed by atoms with Gasteiger partial charge in [-0.3, -0.25) is 9.59 Å². The van der Waals surface area contributed by atoms with Gasteiger partial charge in [-0.15, -0.1) is 0 Å². The normalized spacial score (nSPS) is 16.7. The maximum absolute atomic E-state index is 12.7. The van der Waals surface area contributed by atoms with Gasteiger partial charge in [0.2, 0.25) is 0 Å². The third-order valence-corrected chi connectivity index (χ3v) is 7.00. The average Bonchev–Trinajstić information content (AvgIpc) is 3.50. The Morgan fingerprint density at radius 3 is 1.83 bits per heavy atom. The molecule has 0 saturated heterocycles. The van der Waals surface area contributed by atoms with E-state index < -0.39 is 29.4 Å². The Morgan fingerprint density at radius 2 is 1.31 bits per heavy atom. The molecule has 3 aliphatic rings. The predicted octanol–water partition coefficient (Wildman–Crippen LogP) is 4.20. The van der Waals surface area contributed by atoms with Crippen molar-refractivity contribution in [2.75, 3.05) is 6.61 Å². The van der Waals surface area contributed by atoms with Crippen LogP contribution in [0.2, 0.25) is 0 Å². The van der Waals surface area contributed by atoms with E-state index in [-0.39, 0.29) is 30.1 Å². The summed E-state index contributed by atoms with van der Waals surface area (Å²) in [7, 11) is 0. The van der Waals surface area contributed by atoms with Gasteiger partial charge in [0.25, 0.3) is 11.8 Å². The molecule has 8 nitrogen and oxygen atoms in total. The highest BCUT2D eigenvalue weighted by Crippen LogP contribution is 2.45. The summed E-state index contributed by atoms with van der Waals surface area (Å²) in [5.41, 5.74) is 4.06. The highest BCUT2D eigenvalue weighted by atomic mass is 16.7. The van der Waals surface area contributed by atoms with Gasteiger partial charge in [0.05, 0.1) is 23.1 Å². The number of fused-ring (bicyclic) bond motifs is 4. The largest absolute Gasteiger partial charge is 0.449 e. The van der Waals surface area contributed by atoms with Gasteiger partial charge in [-0.1, -0.05) is 65.7 Å². The number of hydrogen-bond acceptors (Lipinski definition) is 6. The van der Waals surface area contributed by atoms with Crippen LogP contribution in [0.15, 0.2) is 72.8 Å². The molecule has 0 bridgehead atoms. The number of benzene rings is 3. The molecule has 6 rings (SSSR count). The van der Waals surface area contributed by atoms with Crippen molar-refractivity contribution >= 4 is 23.9 Å². The molecule has 0 spiro atoms. The fourth-order valence-corrected chi connectivity index (χ4v) is 5.01. The van der Waals surface area contributed by atoms with E-state index in [2.05, 4.69) is 17.4 Å². The molecule has 3 aromatic carbocycles. The van der Waals surface area contributed by atoms with Crippen molar-refractivity contribution in [3.63, 3.8) is 0 Å². The van der Waals surface area contributed by atoms with E-state index in [4.69, 9.17) is 9.57 Å². The fraction of sp³-hybridized carbons (Fsp3) is 0.214. The number of nitrogens with one attached hydrogen (secondary N) is 1. The van der Waals surface area contributed by atoms with Crippen LogP contribution < -0.4 is 5.32 Å². The van der Waals surface area contributed by atoms with Gasteiger partial charge in [-0.2, -0.15) is 0 Å². The van der Waals surface area contributed by atoms with E-state index >= 15 is 0 Å². The second-order valence-electron chi connectivity index (χ2n) is 9.32. The van der Waals surface area contributed by atoms with Gasteiger partial charge in [0.1, 0.15) is 6.61 Å². The summed E-state index contributed by atoms with van der Waals surface area (Å²) in [4.78, 5) is 55.2. The number of imide groups is 1. The molecule has 0 radical (unpaired) electrons. The molecule has 0 aromatic heterocycles. The SMILES string of the molecule is O=C(CC1(NC(=O)OCC2c3ccccc3-c3ccccc32)CC1)ON1C(=O)c2ccccc2C1=O. The van der Waals surface area contributed by atoms with Gasteiger partial charge in [0.15, 0.2) is 0 Å². The molecule has 1 aliphatic heterocycles. The molecule has 0 atom stereocenters. The Labute approximate surface area is 206 Å². The van der Waals surface area contributed by atoms with Crippen molar-refractivity contribution in [3.05, 3.63) is 95.1 Å². The Kier molecular flexibility index (Phi) is 5.10. The van der Waals surface area contributed by atoms with Gasteiger partial charge in [0, 0.05) is 5.92 Å². The first-order valence-electron chi connectivity index (χ1n) is 11.8. The molecule has 1 N–H and O–H groups in total. The predicted molar refractivity (Wildman–Crippen MR) is 128 cm³/mol. The molecule has 1 heterocycles. The Balaban J connectivity index is 1.06. The van der Waals surface area contributed by atoms with E-state index in [1.54, 1.807) is 12.1 Å². The number of hydrogen-bond donors (Lipinski definition) is 1. The first kappa shape index (κ1) is 22.0. The zero-order chi connectivity index (χ0) is 24.9. The summed E-state index contributed by atoms with van der Waals surface area (Å²) in [5, 5.41) is 3.27. The zero-order valence-electron chi connectivity index (χ0n) is 19.2. The molecule has 2 aliphatic carbocycles. The average molecular weight is 482 g/mol. The van der Waals surface area contributed by atoms with E-state index in [0.29, 0.717) is 17.9 Å². The summed E-state index contributed by atoms with van der Waals surface area (Å²) in [6, 6.07) is 22.4. The highest BCUT2D eigenvalue weighted by Gasteiger charge is 2.48. The van der Waals surface area contributed by atoms with Crippen LogP contribution in [-0.4, -0.2) is 41.1 Å². The second kappa shape index (κ2) is 8.34. The van der Waals surface area contributed by atoms with E-state index in [0.717, 1.165) is 22.3 Å². The Morgan fingerprint density at radius 1 is 0.806 bits per heavy atom. The van der Waals surface area contributed by atoms with E-state index in [9.17, 15) is 19.2 Å². The van der Waals surface area contributed by atoms with Crippen molar-refractivity contribution in [1.29, 1.82) is 0 Å². The minimum atomic E-state index is -0.807. The lowest BCUT2D eigenvalue weighted by Gasteiger charge is -2.20. The molecule has 36 heavy (non-hydrogen) atoms. The minimum absolute atomic E-state index is 0.0721. The number of alkyl carbamates (subject to hydrolysis) is 1. The standard InChI is InChI=1S/C28H22N2O6/c31-24(36-30-25(32)21-11-5-6-12-22(21)26(30)33)15-28(13-14-28)29-27(34)35-16-23-19-9-3-1-7-17(19)18-8-2-4-10-20(18)23/h1-12,23H,13-16H2,(H,29,34). The number of hydroxylamine groups is 2. The third kappa shape index (κ3) is 3.71. The molecule has 180 valence electrons. The van der Waals surface area contributed by atoms with Crippen LogP contribution in [0.25, 0.3) is 11.1 Å². The van der Waals surface area contributed by atoms with Crippen LogP contribution in [0.5, 0.6) is 0 Å². The first-order chi connectivity index (χ1) is 17.5. The van der Waals surface area contributed by atoms with Crippen molar-refractivity contribution < 1.29 is 28.8 Å². The number of rotatable bonds is 6. The van der Waals surface area contributed by atoms with Crippen LogP contribution in [0.3, 0.4) is 0 Å². The maximum atomic E-state index is 12.7. The molecule has 1 saturated carbocycles. The lowest BCUT2D eigenvalue weighted by molar-refractivity contribution is -0.169. The molecule has 3 aromatic rings. The van der Waals surface area contributed by atoms with Crippen LogP contribution >= 0.6 is 0 Å². The molecule has 3 amide bonds. The van der Waals surface area contributed by atoms with Crippen molar-refractivity contribution in [1.82, 2.24) is 10.4 Å². The number of nitrogens with zero attached hydrogens (tertiary/aromatic N) is 1. The van der Waals surface area contributed by atoms with Crippen LogP contribution in [0.1, 0.15) is 57.0 Å². The quantitative estimate of drug-likeness (QED) is 0.529. The topological polar surface area (TPSA) is 102 Å². The summed E-state index contributed by atoms with van der Waals surface area (Å²) >= 11 is 0. The summed E-state index contributed by atoms with van der Waals surface area (Å²) in [6.07, 6.45) is 0.329. The van der Waals surface area contributed by atoms with Gasteiger partial charge in [-0.25, -0.2) is 9.59 Å². The van der Waals surface area contributed by atoms with Crippen molar-refractivity contribution in [2.24, 2.45) is 0 Å². The zero-order valence-corrected chi connectivity index (χ0v) is 19.2. The number of carbonyl (C=O) groups is 4. The number of carbonyl (C=O) groups excluding carboxylic acids is 4. The molecular formula is C28H22N2O6. The van der Waals surface area contributed by atoms with Crippen molar-refractivity contribution in [2.45, 2.75) is 30.7 Å². The summed E-state index contributed by atoms with van der Waals surface area (Å²) < 4.78 is 5.59.